The molecule has 5 heterocycles. The third-order valence-corrected chi connectivity index (χ3v) is 6.44. The number of rotatable bonds is 6. The molecule has 1 saturated heterocycles. The van der Waals surface area contributed by atoms with Gasteiger partial charge in [-0.3, -0.25) is 4.68 Å². The summed E-state index contributed by atoms with van der Waals surface area (Å²) in [5.41, 5.74) is 0.229. The van der Waals surface area contributed by atoms with E-state index in [1.165, 1.54) is 6.92 Å². The largest absolute Gasteiger partial charge is 0.390 e. The number of aryl methyl sites for hydroxylation is 1. The lowest BCUT2D eigenvalue weighted by atomic mass is 9.94. The first-order valence-corrected chi connectivity index (χ1v) is 12.0. The average molecular weight is 492 g/mol. The minimum absolute atomic E-state index is 0.0311. The van der Waals surface area contributed by atoms with Gasteiger partial charge in [-0.25, -0.2) is 19.3 Å². The molecule has 1 aliphatic heterocycles. The smallest absolute Gasteiger partial charge is 0.227 e. The summed E-state index contributed by atoms with van der Waals surface area (Å²) in [4.78, 5) is 19.9. The van der Waals surface area contributed by atoms with Gasteiger partial charge in [-0.1, -0.05) is 13.8 Å². The average Bonchev–Trinajstić information content (AvgIpc) is 3.25. The molecular weight excluding hydrogens is 461 g/mol. The predicted octanol–water partition coefficient (Wildman–Crippen LogP) is 4.06. The van der Waals surface area contributed by atoms with Gasteiger partial charge in [0.15, 0.2) is 5.67 Å². The van der Waals surface area contributed by atoms with E-state index >= 15 is 0 Å². The summed E-state index contributed by atoms with van der Waals surface area (Å²) in [6.07, 6.45) is 8.27. The SMILES string of the molecule is CC(C)c1cnc(Nc2cnn(C)c2)c2cnc(Nc3ccnc(N4CC[C@@H](O)[C@@](C)(F)C4)n3)cc12. The van der Waals surface area contributed by atoms with Crippen LogP contribution in [0, 0.1) is 0 Å². The first-order valence-electron chi connectivity index (χ1n) is 12.0. The van der Waals surface area contributed by atoms with Gasteiger partial charge in [0.2, 0.25) is 5.95 Å². The Hall–Kier alpha value is -3.86. The lowest BCUT2D eigenvalue weighted by Crippen LogP contribution is -2.52. The van der Waals surface area contributed by atoms with Crippen LogP contribution in [0.2, 0.25) is 0 Å². The lowest BCUT2D eigenvalue weighted by Gasteiger charge is -2.38. The minimum Gasteiger partial charge on any atom is -0.390 e. The summed E-state index contributed by atoms with van der Waals surface area (Å²) < 4.78 is 16.4. The normalized spacial score (nSPS) is 20.2. The van der Waals surface area contributed by atoms with Gasteiger partial charge in [-0.2, -0.15) is 10.1 Å². The maximum Gasteiger partial charge on any atom is 0.227 e. The fourth-order valence-electron chi connectivity index (χ4n) is 4.42. The molecular formula is C25H30FN9O. The van der Waals surface area contributed by atoms with Crippen molar-refractivity contribution in [3.8, 4) is 0 Å². The Labute approximate surface area is 208 Å². The number of halogens is 1. The van der Waals surface area contributed by atoms with Crippen molar-refractivity contribution in [3.05, 3.63) is 48.7 Å². The number of alkyl halides is 1. The molecule has 0 aliphatic carbocycles. The maximum absolute atomic E-state index is 14.7. The van der Waals surface area contributed by atoms with Crippen LogP contribution < -0.4 is 15.5 Å². The zero-order valence-corrected chi connectivity index (χ0v) is 20.8. The molecule has 1 aliphatic rings. The van der Waals surface area contributed by atoms with Crippen molar-refractivity contribution >= 4 is 39.9 Å². The van der Waals surface area contributed by atoms with Crippen molar-refractivity contribution in [2.45, 2.75) is 44.9 Å². The number of hydrogen-bond acceptors (Lipinski definition) is 9. The van der Waals surface area contributed by atoms with Crippen LogP contribution in [0.15, 0.2) is 43.1 Å². The second kappa shape index (κ2) is 9.30. The Morgan fingerprint density at radius 2 is 1.94 bits per heavy atom. The molecule has 0 spiro atoms. The van der Waals surface area contributed by atoms with E-state index in [-0.39, 0.29) is 12.5 Å². The molecule has 10 nitrogen and oxygen atoms in total. The van der Waals surface area contributed by atoms with E-state index in [9.17, 15) is 9.50 Å². The quantitative estimate of drug-likeness (QED) is 0.367. The molecule has 0 saturated carbocycles. The highest BCUT2D eigenvalue weighted by Gasteiger charge is 2.39. The molecule has 5 rings (SSSR count). The van der Waals surface area contributed by atoms with E-state index in [1.54, 1.807) is 34.2 Å². The Kier molecular flexibility index (Phi) is 6.17. The second-order valence-corrected chi connectivity index (χ2v) is 9.73. The van der Waals surface area contributed by atoms with E-state index in [1.807, 2.05) is 25.5 Å². The standard InChI is InChI=1S/C25H30FN9O/c1-15(2)18-11-29-23(31-16-10-30-34(4)13-16)19-12-28-22(9-17(18)19)32-21-5-7-27-24(33-21)35-8-6-20(36)25(3,26)14-35/h5,7,9-13,15,20,36H,6,8,14H2,1-4H3,(H,29,31)(H,27,28,32,33)/t20-,25+/m1/s1. The van der Waals surface area contributed by atoms with Gasteiger partial charge in [-0.05, 0) is 42.3 Å². The lowest BCUT2D eigenvalue weighted by molar-refractivity contribution is -0.00860. The van der Waals surface area contributed by atoms with Gasteiger partial charge in [-0.15, -0.1) is 0 Å². The number of fused-ring (bicyclic) bond motifs is 1. The van der Waals surface area contributed by atoms with E-state index in [0.717, 1.165) is 22.0 Å². The van der Waals surface area contributed by atoms with Crippen LogP contribution in [-0.2, 0) is 7.05 Å². The number of anilines is 5. The fraction of sp³-hybridized carbons (Fsp3) is 0.400. The molecule has 2 atom stereocenters. The number of nitrogens with zero attached hydrogens (tertiary/aromatic N) is 7. The number of aliphatic hydroxyl groups excluding tert-OH is 1. The van der Waals surface area contributed by atoms with Crippen molar-refractivity contribution in [1.82, 2.24) is 29.7 Å². The highest BCUT2D eigenvalue weighted by atomic mass is 19.1. The highest BCUT2D eigenvalue weighted by Crippen LogP contribution is 2.32. The Bertz CT molecular complexity index is 1390. The molecule has 0 unspecified atom stereocenters. The summed E-state index contributed by atoms with van der Waals surface area (Å²) in [7, 11) is 1.86. The van der Waals surface area contributed by atoms with Gasteiger partial charge in [0.05, 0.1) is 24.5 Å². The maximum atomic E-state index is 14.7. The number of hydrogen-bond donors (Lipinski definition) is 3. The van der Waals surface area contributed by atoms with Crippen molar-refractivity contribution in [2.24, 2.45) is 7.05 Å². The first-order chi connectivity index (χ1) is 17.2. The highest BCUT2D eigenvalue weighted by molar-refractivity contribution is 5.96. The van der Waals surface area contributed by atoms with Crippen LogP contribution in [0.5, 0.6) is 0 Å². The van der Waals surface area contributed by atoms with Crippen LogP contribution >= 0.6 is 0 Å². The topological polar surface area (TPSA) is 117 Å². The van der Waals surface area contributed by atoms with E-state index in [2.05, 4.69) is 49.5 Å². The van der Waals surface area contributed by atoms with Gasteiger partial charge < -0.3 is 20.6 Å². The molecule has 0 radical (unpaired) electrons. The van der Waals surface area contributed by atoms with E-state index in [0.29, 0.717) is 36.4 Å². The summed E-state index contributed by atoms with van der Waals surface area (Å²) in [6, 6.07) is 3.73. The van der Waals surface area contributed by atoms with Gasteiger partial charge in [0.1, 0.15) is 17.5 Å². The Morgan fingerprint density at radius 3 is 2.67 bits per heavy atom. The molecule has 188 valence electrons. The summed E-state index contributed by atoms with van der Waals surface area (Å²) >= 11 is 0. The van der Waals surface area contributed by atoms with Crippen molar-refractivity contribution in [2.75, 3.05) is 28.6 Å². The van der Waals surface area contributed by atoms with Crippen LogP contribution in [0.1, 0.15) is 38.7 Å². The number of nitrogens with one attached hydrogen (secondary N) is 2. The van der Waals surface area contributed by atoms with Crippen molar-refractivity contribution < 1.29 is 9.50 Å². The third-order valence-electron chi connectivity index (χ3n) is 6.44. The van der Waals surface area contributed by atoms with Crippen LogP contribution in [0.3, 0.4) is 0 Å². The molecule has 0 amide bonds. The molecule has 11 heteroatoms. The molecule has 4 aromatic heterocycles. The molecule has 3 N–H and O–H groups in total. The number of aromatic nitrogens is 6. The third kappa shape index (κ3) is 4.78. The first kappa shape index (κ1) is 23.9. The summed E-state index contributed by atoms with van der Waals surface area (Å²) in [6.45, 7) is 6.18. The minimum atomic E-state index is -1.71. The zero-order chi connectivity index (χ0) is 25.4. The number of pyridine rings is 2. The van der Waals surface area contributed by atoms with Gasteiger partial charge in [0.25, 0.3) is 0 Å². The molecule has 36 heavy (non-hydrogen) atoms. The molecule has 4 aromatic rings. The number of piperidine rings is 1. The monoisotopic (exact) mass is 491 g/mol. The fourth-order valence-corrected chi connectivity index (χ4v) is 4.42. The Balaban J connectivity index is 1.44. The van der Waals surface area contributed by atoms with Gasteiger partial charge >= 0.3 is 0 Å². The molecule has 0 aromatic carbocycles. The summed E-state index contributed by atoms with van der Waals surface area (Å²) in [5.74, 6) is 2.54. The molecule has 0 bridgehead atoms. The van der Waals surface area contributed by atoms with E-state index in [4.69, 9.17) is 0 Å². The second-order valence-electron chi connectivity index (χ2n) is 9.73. The van der Waals surface area contributed by atoms with Crippen LogP contribution in [-0.4, -0.2) is 59.7 Å². The van der Waals surface area contributed by atoms with Crippen molar-refractivity contribution in [3.63, 3.8) is 0 Å². The van der Waals surface area contributed by atoms with Crippen LogP contribution in [0.25, 0.3) is 10.8 Å². The van der Waals surface area contributed by atoms with Crippen molar-refractivity contribution in [1.29, 1.82) is 0 Å². The predicted molar refractivity (Wildman–Crippen MR) is 138 cm³/mol. The Morgan fingerprint density at radius 1 is 1.11 bits per heavy atom. The summed E-state index contributed by atoms with van der Waals surface area (Å²) in [5, 5.41) is 22.6. The molecule has 1 fully saturated rings. The number of aliphatic hydroxyl groups is 1. The van der Waals surface area contributed by atoms with Gasteiger partial charge in [0, 0.05) is 43.8 Å². The zero-order valence-electron chi connectivity index (χ0n) is 20.8. The van der Waals surface area contributed by atoms with E-state index < -0.39 is 11.8 Å². The van der Waals surface area contributed by atoms with Crippen LogP contribution in [0.4, 0.5) is 33.5 Å².